The lowest BCUT2D eigenvalue weighted by atomic mass is 10.1. The predicted octanol–water partition coefficient (Wildman–Crippen LogP) is 3.03. The van der Waals surface area contributed by atoms with Gasteiger partial charge in [0.15, 0.2) is 0 Å². The molecule has 1 atom stereocenters. The predicted molar refractivity (Wildman–Crippen MR) is 63.9 cm³/mol. The SMILES string of the molecule is C=CCC(CCCCC)[SiH](OC)OC. The zero-order valence-corrected chi connectivity index (χ0v) is 10.9. The summed E-state index contributed by atoms with van der Waals surface area (Å²) in [6.45, 7) is 6.02. The summed E-state index contributed by atoms with van der Waals surface area (Å²) in [5, 5.41) is 0. The Morgan fingerprint density at radius 1 is 1.29 bits per heavy atom. The summed E-state index contributed by atoms with van der Waals surface area (Å²) in [5.74, 6) is 0. The zero-order chi connectivity index (χ0) is 10.8. The molecule has 0 aromatic heterocycles. The van der Waals surface area contributed by atoms with Gasteiger partial charge in [-0.05, 0) is 12.8 Å². The number of rotatable bonds is 9. The van der Waals surface area contributed by atoms with E-state index in [2.05, 4.69) is 13.5 Å². The molecule has 84 valence electrons. The summed E-state index contributed by atoms with van der Waals surface area (Å²) in [6, 6.07) is 0. The van der Waals surface area contributed by atoms with Crippen LogP contribution in [0.15, 0.2) is 12.7 Å². The van der Waals surface area contributed by atoms with Crippen LogP contribution in [0.25, 0.3) is 0 Å². The average molecular weight is 216 g/mol. The molecule has 0 radical (unpaired) electrons. The van der Waals surface area contributed by atoms with Gasteiger partial charge in [-0.3, -0.25) is 0 Å². The number of allylic oxidation sites excluding steroid dienone is 1. The van der Waals surface area contributed by atoms with Crippen molar-refractivity contribution in [3.63, 3.8) is 0 Å². The highest BCUT2D eigenvalue weighted by Crippen LogP contribution is 2.24. The molecule has 0 saturated carbocycles. The Balaban J connectivity index is 3.91. The van der Waals surface area contributed by atoms with E-state index < -0.39 is 9.28 Å². The maximum Gasteiger partial charge on any atom is 0.324 e. The molecule has 3 heteroatoms. The van der Waals surface area contributed by atoms with Crippen LogP contribution in [0.1, 0.15) is 39.0 Å². The lowest BCUT2D eigenvalue weighted by Crippen LogP contribution is -2.26. The summed E-state index contributed by atoms with van der Waals surface area (Å²) in [4.78, 5) is 0. The molecule has 0 N–H and O–H groups in total. The lowest BCUT2D eigenvalue weighted by Gasteiger charge is -2.21. The Morgan fingerprint density at radius 2 is 1.93 bits per heavy atom. The minimum absolute atomic E-state index is 0.592. The summed E-state index contributed by atoms with van der Waals surface area (Å²) in [5.41, 5.74) is 0.592. The van der Waals surface area contributed by atoms with Gasteiger partial charge in [-0.1, -0.05) is 32.3 Å². The molecule has 0 amide bonds. The summed E-state index contributed by atoms with van der Waals surface area (Å²) >= 11 is 0. The highest BCUT2D eigenvalue weighted by atomic mass is 28.3. The lowest BCUT2D eigenvalue weighted by molar-refractivity contribution is 0.261. The second kappa shape index (κ2) is 9.43. The van der Waals surface area contributed by atoms with Crippen LogP contribution in [0.3, 0.4) is 0 Å². The first-order chi connectivity index (χ1) is 6.79. The molecule has 0 aromatic rings. The van der Waals surface area contributed by atoms with Gasteiger partial charge in [0.1, 0.15) is 0 Å². The molecular weight excluding hydrogens is 192 g/mol. The van der Waals surface area contributed by atoms with E-state index in [0.717, 1.165) is 6.42 Å². The van der Waals surface area contributed by atoms with Crippen LogP contribution >= 0.6 is 0 Å². The molecule has 0 aliphatic rings. The van der Waals surface area contributed by atoms with E-state index in [1.807, 2.05) is 6.08 Å². The van der Waals surface area contributed by atoms with Crippen molar-refractivity contribution >= 4 is 9.28 Å². The minimum atomic E-state index is -1.44. The smallest absolute Gasteiger partial charge is 0.324 e. The van der Waals surface area contributed by atoms with Crippen molar-refractivity contribution in [3.8, 4) is 0 Å². The van der Waals surface area contributed by atoms with Gasteiger partial charge < -0.3 is 8.85 Å². The summed E-state index contributed by atoms with van der Waals surface area (Å²) in [6.07, 6.45) is 8.09. The Morgan fingerprint density at radius 3 is 2.36 bits per heavy atom. The Labute approximate surface area is 90.2 Å². The summed E-state index contributed by atoms with van der Waals surface area (Å²) < 4.78 is 10.8. The van der Waals surface area contributed by atoms with Crippen molar-refractivity contribution in [3.05, 3.63) is 12.7 Å². The van der Waals surface area contributed by atoms with Crippen molar-refractivity contribution in [2.45, 2.75) is 44.6 Å². The first-order valence-electron chi connectivity index (χ1n) is 5.46. The molecule has 0 fully saturated rings. The van der Waals surface area contributed by atoms with Gasteiger partial charge in [0, 0.05) is 19.8 Å². The fourth-order valence-corrected chi connectivity index (χ4v) is 3.60. The molecule has 0 aromatic carbocycles. The van der Waals surface area contributed by atoms with E-state index in [-0.39, 0.29) is 0 Å². The molecule has 0 rings (SSSR count). The number of hydrogen-bond donors (Lipinski definition) is 0. The van der Waals surface area contributed by atoms with Gasteiger partial charge in [0.25, 0.3) is 0 Å². The topological polar surface area (TPSA) is 18.5 Å². The fraction of sp³-hybridized carbons (Fsp3) is 0.818. The number of unbranched alkanes of at least 4 members (excludes halogenated alkanes) is 2. The monoisotopic (exact) mass is 216 g/mol. The van der Waals surface area contributed by atoms with Gasteiger partial charge in [0.2, 0.25) is 0 Å². The highest BCUT2D eigenvalue weighted by molar-refractivity contribution is 6.46. The molecule has 0 heterocycles. The molecular formula is C11H24O2Si. The van der Waals surface area contributed by atoms with Crippen LogP contribution in [-0.4, -0.2) is 23.5 Å². The van der Waals surface area contributed by atoms with E-state index in [4.69, 9.17) is 8.85 Å². The van der Waals surface area contributed by atoms with E-state index in [0.29, 0.717) is 5.54 Å². The maximum atomic E-state index is 5.41. The molecule has 2 nitrogen and oxygen atoms in total. The van der Waals surface area contributed by atoms with Crippen molar-refractivity contribution in [1.29, 1.82) is 0 Å². The third kappa shape index (κ3) is 5.57. The van der Waals surface area contributed by atoms with Gasteiger partial charge in [0.05, 0.1) is 0 Å². The van der Waals surface area contributed by atoms with E-state index in [1.54, 1.807) is 14.2 Å². The molecule has 0 saturated heterocycles. The second-order valence-electron chi connectivity index (χ2n) is 3.62. The van der Waals surface area contributed by atoms with Crippen LogP contribution in [0.5, 0.6) is 0 Å². The third-order valence-electron chi connectivity index (χ3n) is 2.50. The quantitative estimate of drug-likeness (QED) is 0.335. The van der Waals surface area contributed by atoms with Gasteiger partial charge in [-0.15, -0.1) is 6.58 Å². The molecule has 0 spiro atoms. The standard InChI is InChI=1S/C11H24O2Si/c1-5-7-8-10-11(9-6-2)14(12-3)13-4/h6,11,14H,2,5,7-10H2,1,3-4H3. The van der Waals surface area contributed by atoms with Crippen molar-refractivity contribution < 1.29 is 8.85 Å². The van der Waals surface area contributed by atoms with Crippen LogP contribution in [0, 0.1) is 0 Å². The molecule has 0 aliphatic carbocycles. The number of hydrogen-bond acceptors (Lipinski definition) is 2. The molecule has 0 aliphatic heterocycles. The van der Waals surface area contributed by atoms with Crippen molar-refractivity contribution in [2.24, 2.45) is 0 Å². The molecule has 14 heavy (non-hydrogen) atoms. The minimum Gasteiger partial charge on any atom is -0.400 e. The van der Waals surface area contributed by atoms with Crippen molar-refractivity contribution in [2.75, 3.05) is 14.2 Å². The van der Waals surface area contributed by atoms with Crippen LogP contribution in [-0.2, 0) is 8.85 Å². The Bertz CT molecular complexity index is 135. The normalized spacial score (nSPS) is 13.1. The van der Waals surface area contributed by atoms with Crippen molar-refractivity contribution in [1.82, 2.24) is 0 Å². The highest BCUT2D eigenvalue weighted by Gasteiger charge is 2.22. The summed E-state index contributed by atoms with van der Waals surface area (Å²) in [7, 11) is 2.08. The second-order valence-corrected chi connectivity index (χ2v) is 6.24. The first-order valence-corrected chi connectivity index (χ1v) is 7.07. The maximum absolute atomic E-state index is 5.41. The zero-order valence-electron chi connectivity index (χ0n) is 9.79. The van der Waals surface area contributed by atoms with Gasteiger partial charge in [-0.2, -0.15) is 0 Å². The van der Waals surface area contributed by atoms with Gasteiger partial charge in [-0.25, -0.2) is 0 Å². The Kier molecular flexibility index (Phi) is 9.35. The van der Waals surface area contributed by atoms with E-state index in [1.165, 1.54) is 25.7 Å². The van der Waals surface area contributed by atoms with Gasteiger partial charge >= 0.3 is 9.28 Å². The van der Waals surface area contributed by atoms with E-state index in [9.17, 15) is 0 Å². The Hall–Kier alpha value is -0.123. The fourth-order valence-electron chi connectivity index (χ4n) is 1.72. The van der Waals surface area contributed by atoms with E-state index >= 15 is 0 Å². The first kappa shape index (κ1) is 13.9. The molecule has 0 bridgehead atoms. The van der Waals surface area contributed by atoms with Crippen LogP contribution in [0.2, 0.25) is 5.54 Å². The average Bonchev–Trinajstić information content (AvgIpc) is 2.20. The molecule has 1 unspecified atom stereocenters. The van der Waals surface area contributed by atoms with Crippen LogP contribution in [0.4, 0.5) is 0 Å². The largest absolute Gasteiger partial charge is 0.400 e. The third-order valence-corrected chi connectivity index (χ3v) is 4.80. The van der Waals surface area contributed by atoms with Crippen LogP contribution < -0.4 is 0 Å².